The van der Waals surface area contributed by atoms with E-state index in [2.05, 4.69) is 70.9 Å². The summed E-state index contributed by atoms with van der Waals surface area (Å²) in [7, 11) is 2.05. The number of aryl methyl sites for hydroxylation is 3. The van der Waals surface area contributed by atoms with Crippen molar-refractivity contribution in [1.29, 1.82) is 0 Å². The molecule has 0 saturated carbocycles. The number of anilines is 2. The number of pyridine rings is 1. The van der Waals surface area contributed by atoms with Crippen LogP contribution in [0.5, 0.6) is 0 Å². The first-order chi connectivity index (χ1) is 8.49. The van der Waals surface area contributed by atoms with Gasteiger partial charge in [0.15, 0.2) is 0 Å². The van der Waals surface area contributed by atoms with Gasteiger partial charge in [-0.2, -0.15) is 0 Å². The molecule has 0 radical (unpaired) electrons. The molecule has 1 aromatic carbocycles. The number of hydrogen-bond acceptors (Lipinski definition) is 2. The molecule has 0 fully saturated rings. The molecule has 1 heterocycles. The van der Waals surface area contributed by atoms with E-state index in [1.165, 1.54) is 22.4 Å². The van der Waals surface area contributed by atoms with Gasteiger partial charge >= 0.3 is 0 Å². The van der Waals surface area contributed by atoms with Crippen molar-refractivity contribution in [1.82, 2.24) is 4.98 Å². The maximum Gasteiger partial charge on any atom is 0.132 e. The molecular weight excluding hydrogens is 288 g/mol. The van der Waals surface area contributed by atoms with E-state index in [1.807, 2.05) is 13.2 Å². The largest absolute Gasteiger partial charge is 0.329 e. The molecule has 0 bridgehead atoms. The van der Waals surface area contributed by atoms with Crippen LogP contribution in [0.2, 0.25) is 0 Å². The monoisotopic (exact) mass is 304 g/mol. The van der Waals surface area contributed by atoms with Crippen molar-refractivity contribution >= 4 is 27.4 Å². The number of aromatic nitrogens is 1. The van der Waals surface area contributed by atoms with E-state index in [4.69, 9.17) is 0 Å². The summed E-state index contributed by atoms with van der Waals surface area (Å²) in [6.07, 6.45) is 1.85. The minimum absolute atomic E-state index is 0.961. The molecule has 3 heteroatoms. The van der Waals surface area contributed by atoms with E-state index >= 15 is 0 Å². The van der Waals surface area contributed by atoms with Crippen LogP contribution in [0.1, 0.15) is 16.7 Å². The van der Waals surface area contributed by atoms with Gasteiger partial charge in [0, 0.05) is 23.4 Å². The summed E-state index contributed by atoms with van der Waals surface area (Å²) in [6.45, 7) is 6.31. The van der Waals surface area contributed by atoms with Crippen molar-refractivity contribution in [2.24, 2.45) is 0 Å². The van der Waals surface area contributed by atoms with Crippen LogP contribution in [0.3, 0.4) is 0 Å². The van der Waals surface area contributed by atoms with E-state index in [-0.39, 0.29) is 0 Å². The van der Waals surface area contributed by atoms with Gasteiger partial charge in [-0.15, -0.1) is 0 Å². The summed E-state index contributed by atoms with van der Waals surface area (Å²) in [5, 5.41) is 0. The number of nitrogens with zero attached hydrogens (tertiary/aromatic N) is 2. The Morgan fingerprint density at radius 3 is 2.39 bits per heavy atom. The molecule has 2 nitrogen and oxygen atoms in total. The Bertz CT molecular complexity index is 579. The van der Waals surface area contributed by atoms with Gasteiger partial charge < -0.3 is 4.90 Å². The van der Waals surface area contributed by atoms with Crippen molar-refractivity contribution in [2.45, 2.75) is 20.8 Å². The average molecular weight is 305 g/mol. The molecule has 2 aromatic rings. The fourth-order valence-electron chi connectivity index (χ4n) is 2.01. The first kappa shape index (κ1) is 13.1. The van der Waals surface area contributed by atoms with Crippen molar-refractivity contribution in [3.05, 3.63) is 51.6 Å². The van der Waals surface area contributed by atoms with Crippen LogP contribution < -0.4 is 4.90 Å². The molecule has 2 rings (SSSR count). The smallest absolute Gasteiger partial charge is 0.132 e. The standard InChI is InChI=1S/C15H17BrN2/c1-10-5-6-14(12(3)7-10)18(4)15-8-11(2)13(16)9-17-15/h5-9H,1-4H3. The Morgan fingerprint density at radius 2 is 1.78 bits per heavy atom. The first-order valence-electron chi connectivity index (χ1n) is 5.92. The summed E-state index contributed by atoms with van der Waals surface area (Å²) < 4.78 is 1.04. The summed E-state index contributed by atoms with van der Waals surface area (Å²) in [4.78, 5) is 6.58. The van der Waals surface area contributed by atoms with Gasteiger partial charge in [-0.25, -0.2) is 4.98 Å². The van der Waals surface area contributed by atoms with Crippen molar-refractivity contribution < 1.29 is 0 Å². The number of rotatable bonds is 2. The molecule has 0 N–H and O–H groups in total. The fourth-order valence-corrected chi connectivity index (χ4v) is 2.23. The van der Waals surface area contributed by atoms with Crippen LogP contribution in [0.4, 0.5) is 11.5 Å². The second-order valence-electron chi connectivity index (χ2n) is 4.64. The number of halogens is 1. The SMILES string of the molecule is Cc1ccc(N(C)c2cc(C)c(Br)cn2)c(C)c1. The lowest BCUT2D eigenvalue weighted by Gasteiger charge is -2.21. The lowest BCUT2D eigenvalue weighted by atomic mass is 10.1. The quantitative estimate of drug-likeness (QED) is 0.810. The predicted octanol–water partition coefficient (Wildman–Crippen LogP) is 4.54. The molecule has 0 aliphatic heterocycles. The molecule has 0 saturated heterocycles. The van der Waals surface area contributed by atoms with E-state index in [1.54, 1.807) is 0 Å². The molecule has 0 amide bonds. The van der Waals surface area contributed by atoms with Crippen molar-refractivity contribution in [3.8, 4) is 0 Å². The van der Waals surface area contributed by atoms with Gasteiger partial charge in [-0.1, -0.05) is 17.7 Å². The highest BCUT2D eigenvalue weighted by Crippen LogP contribution is 2.28. The summed E-state index contributed by atoms with van der Waals surface area (Å²) in [6, 6.07) is 8.55. The van der Waals surface area contributed by atoms with Gasteiger partial charge in [0.1, 0.15) is 5.82 Å². The van der Waals surface area contributed by atoms with Gasteiger partial charge in [-0.3, -0.25) is 0 Å². The molecule has 0 aliphatic rings. The Balaban J connectivity index is 2.41. The second kappa shape index (κ2) is 5.11. The summed E-state index contributed by atoms with van der Waals surface area (Å²) in [5.74, 6) is 0.961. The van der Waals surface area contributed by atoms with E-state index in [9.17, 15) is 0 Å². The molecule has 1 aromatic heterocycles. The molecule has 0 unspecified atom stereocenters. The van der Waals surface area contributed by atoms with Gasteiger partial charge in [-0.05, 0) is 60.0 Å². The van der Waals surface area contributed by atoms with Crippen LogP contribution in [-0.2, 0) is 0 Å². The maximum absolute atomic E-state index is 4.46. The van der Waals surface area contributed by atoms with Crippen LogP contribution in [0, 0.1) is 20.8 Å². The van der Waals surface area contributed by atoms with Crippen molar-refractivity contribution in [2.75, 3.05) is 11.9 Å². The molecule has 18 heavy (non-hydrogen) atoms. The van der Waals surface area contributed by atoms with Crippen LogP contribution >= 0.6 is 15.9 Å². The fraction of sp³-hybridized carbons (Fsp3) is 0.267. The summed E-state index contributed by atoms with van der Waals surface area (Å²) in [5.41, 5.74) is 4.93. The van der Waals surface area contributed by atoms with Gasteiger partial charge in [0.2, 0.25) is 0 Å². The third-order valence-corrected chi connectivity index (χ3v) is 3.92. The Hall–Kier alpha value is -1.35. The molecule has 0 atom stereocenters. The average Bonchev–Trinajstić information content (AvgIpc) is 2.32. The number of benzene rings is 1. The van der Waals surface area contributed by atoms with Crippen LogP contribution in [0.25, 0.3) is 0 Å². The lowest BCUT2D eigenvalue weighted by molar-refractivity contribution is 1.10. The van der Waals surface area contributed by atoms with Crippen LogP contribution in [0.15, 0.2) is 34.9 Å². The molecule has 0 spiro atoms. The van der Waals surface area contributed by atoms with E-state index < -0.39 is 0 Å². The Labute approximate surface area is 117 Å². The third-order valence-electron chi connectivity index (χ3n) is 3.09. The Morgan fingerprint density at radius 1 is 1.06 bits per heavy atom. The van der Waals surface area contributed by atoms with E-state index in [0.717, 1.165) is 10.3 Å². The van der Waals surface area contributed by atoms with Gasteiger partial charge in [0.25, 0.3) is 0 Å². The zero-order chi connectivity index (χ0) is 13.3. The lowest BCUT2D eigenvalue weighted by Crippen LogP contribution is -2.12. The zero-order valence-corrected chi connectivity index (χ0v) is 12.7. The van der Waals surface area contributed by atoms with E-state index in [0.29, 0.717) is 0 Å². The summed E-state index contributed by atoms with van der Waals surface area (Å²) >= 11 is 3.48. The molecular formula is C15H17BrN2. The predicted molar refractivity (Wildman–Crippen MR) is 80.7 cm³/mol. The van der Waals surface area contributed by atoms with Gasteiger partial charge in [0.05, 0.1) is 0 Å². The minimum atomic E-state index is 0.961. The highest BCUT2D eigenvalue weighted by atomic mass is 79.9. The topological polar surface area (TPSA) is 16.1 Å². The first-order valence-corrected chi connectivity index (χ1v) is 6.71. The molecule has 0 aliphatic carbocycles. The molecule has 94 valence electrons. The minimum Gasteiger partial charge on any atom is -0.329 e. The van der Waals surface area contributed by atoms with Crippen molar-refractivity contribution in [3.63, 3.8) is 0 Å². The zero-order valence-electron chi connectivity index (χ0n) is 11.2. The second-order valence-corrected chi connectivity index (χ2v) is 5.49. The number of hydrogen-bond donors (Lipinski definition) is 0. The Kier molecular flexibility index (Phi) is 3.71. The van der Waals surface area contributed by atoms with Crippen LogP contribution in [-0.4, -0.2) is 12.0 Å². The highest BCUT2D eigenvalue weighted by Gasteiger charge is 2.09. The highest BCUT2D eigenvalue weighted by molar-refractivity contribution is 9.10. The third kappa shape index (κ3) is 2.56. The normalized spacial score (nSPS) is 10.5. The maximum atomic E-state index is 4.46.